The van der Waals surface area contributed by atoms with Crippen LogP contribution in [-0.4, -0.2) is 20.9 Å². The van der Waals surface area contributed by atoms with Gasteiger partial charge in [-0.1, -0.05) is 38.1 Å². The smallest absolute Gasteiger partial charge is 0.262 e. The molecule has 0 atom stereocenters. The maximum Gasteiger partial charge on any atom is 0.262 e. The largest absolute Gasteiger partial charge is 0.483 e. The summed E-state index contributed by atoms with van der Waals surface area (Å²) in [6.07, 6.45) is 0. The van der Waals surface area contributed by atoms with Gasteiger partial charge in [0.05, 0.1) is 5.75 Å². The van der Waals surface area contributed by atoms with Crippen molar-refractivity contribution in [3.8, 4) is 5.75 Å². The van der Waals surface area contributed by atoms with Crippen molar-refractivity contribution < 1.29 is 17.9 Å². The van der Waals surface area contributed by atoms with E-state index in [-0.39, 0.29) is 18.3 Å². The number of sulfonamides is 1. The molecule has 0 heterocycles. The molecule has 26 heavy (non-hydrogen) atoms. The number of nitrogens with two attached hydrogens (primary N) is 1. The van der Waals surface area contributed by atoms with E-state index in [1.807, 2.05) is 25.1 Å². The van der Waals surface area contributed by atoms with Crippen molar-refractivity contribution in [3.63, 3.8) is 0 Å². The Morgan fingerprint density at radius 2 is 1.81 bits per heavy atom. The summed E-state index contributed by atoms with van der Waals surface area (Å²) in [5, 5.41) is 7.73. The van der Waals surface area contributed by atoms with E-state index in [0.717, 1.165) is 11.1 Å². The van der Waals surface area contributed by atoms with Gasteiger partial charge in [0.15, 0.2) is 6.61 Å². The molecule has 0 aliphatic rings. The molecule has 140 valence electrons. The van der Waals surface area contributed by atoms with E-state index < -0.39 is 10.0 Å². The van der Waals surface area contributed by atoms with Crippen LogP contribution >= 0.6 is 0 Å². The molecule has 0 aliphatic heterocycles. The Morgan fingerprint density at radius 3 is 2.38 bits per heavy atom. The van der Waals surface area contributed by atoms with E-state index in [9.17, 15) is 13.2 Å². The van der Waals surface area contributed by atoms with Gasteiger partial charge in [0.2, 0.25) is 10.0 Å². The third-order valence-electron chi connectivity index (χ3n) is 3.76. The number of carbonyl (C=O) groups is 1. The first kappa shape index (κ1) is 19.9. The average Bonchev–Trinajstić information content (AvgIpc) is 2.53. The second-order valence-corrected chi connectivity index (χ2v) is 8.15. The number of rotatable bonds is 7. The maximum absolute atomic E-state index is 12.1. The van der Waals surface area contributed by atoms with Crippen molar-refractivity contribution in [2.75, 3.05) is 11.9 Å². The predicted molar refractivity (Wildman–Crippen MR) is 103 cm³/mol. The highest BCUT2D eigenvalue weighted by molar-refractivity contribution is 7.88. The van der Waals surface area contributed by atoms with Gasteiger partial charge in [-0.05, 0) is 47.7 Å². The maximum atomic E-state index is 12.1. The van der Waals surface area contributed by atoms with Crippen molar-refractivity contribution in [2.45, 2.75) is 32.4 Å². The minimum Gasteiger partial charge on any atom is -0.483 e. The van der Waals surface area contributed by atoms with Crippen molar-refractivity contribution in [1.29, 1.82) is 0 Å². The lowest BCUT2D eigenvalue weighted by Crippen LogP contribution is -2.20. The summed E-state index contributed by atoms with van der Waals surface area (Å²) in [6, 6.07) is 12.4. The van der Waals surface area contributed by atoms with Crippen LogP contribution in [0.1, 0.15) is 36.5 Å². The first-order valence-corrected chi connectivity index (χ1v) is 9.98. The Bertz CT molecular complexity index is 875. The molecule has 0 spiro atoms. The van der Waals surface area contributed by atoms with Crippen molar-refractivity contribution in [1.82, 2.24) is 0 Å². The topological polar surface area (TPSA) is 98.5 Å². The van der Waals surface area contributed by atoms with Crippen molar-refractivity contribution in [3.05, 3.63) is 59.2 Å². The molecule has 0 fully saturated rings. The van der Waals surface area contributed by atoms with Crippen LogP contribution in [0.2, 0.25) is 0 Å². The van der Waals surface area contributed by atoms with Crippen LogP contribution in [0.15, 0.2) is 42.5 Å². The highest BCUT2D eigenvalue weighted by atomic mass is 32.2. The summed E-state index contributed by atoms with van der Waals surface area (Å²) in [7, 11) is -3.57. The highest BCUT2D eigenvalue weighted by Gasteiger charge is 2.11. The van der Waals surface area contributed by atoms with Gasteiger partial charge in [-0.2, -0.15) is 0 Å². The standard InChI is InChI=1S/C19H24N2O4S/c1-13(2)17-9-4-14(3)10-18(17)25-11-19(22)21-16-7-5-15(6-8-16)12-26(20,23)24/h4-10,13H,11-12H2,1-3H3,(H,21,22)(H2,20,23,24). The van der Waals surface area contributed by atoms with Crippen LogP contribution < -0.4 is 15.2 Å². The molecular formula is C19H24N2O4S. The van der Waals surface area contributed by atoms with Gasteiger partial charge in [-0.15, -0.1) is 0 Å². The average molecular weight is 376 g/mol. The molecule has 6 nitrogen and oxygen atoms in total. The minimum atomic E-state index is -3.57. The quantitative estimate of drug-likeness (QED) is 0.776. The first-order chi connectivity index (χ1) is 12.1. The Kier molecular flexibility index (Phi) is 6.39. The molecule has 0 saturated heterocycles. The summed E-state index contributed by atoms with van der Waals surface area (Å²) >= 11 is 0. The van der Waals surface area contributed by atoms with Crippen molar-refractivity contribution in [2.24, 2.45) is 5.14 Å². The zero-order valence-electron chi connectivity index (χ0n) is 15.2. The summed E-state index contributed by atoms with van der Waals surface area (Å²) in [6.45, 7) is 6.00. The fourth-order valence-corrected chi connectivity index (χ4v) is 3.16. The van der Waals surface area contributed by atoms with Gasteiger partial charge in [-0.25, -0.2) is 13.6 Å². The lowest BCUT2D eigenvalue weighted by Gasteiger charge is -2.15. The third-order valence-corrected chi connectivity index (χ3v) is 4.49. The minimum absolute atomic E-state index is 0.109. The molecule has 0 radical (unpaired) electrons. The van der Waals surface area contributed by atoms with Gasteiger partial charge in [0.1, 0.15) is 5.75 Å². The van der Waals surface area contributed by atoms with Gasteiger partial charge in [0, 0.05) is 5.69 Å². The number of ether oxygens (including phenoxy) is 1. The van der Waals surface area contributed by atoms with Crippen LogP contribution in [0.4, 0.5) is 5.69 Å². The Morgan fingerprint density at radius 1 is 1.15 bits per heavy atom. The van der Waals surface area contributed by atoms with Crippen LogP contribution in [0, 0.1) is 6.92 Å². The number of carbonyl (C=O) groups excluding carboxylic acids is 1. The SMILES string of the molecule is Cc1ccc(C(C)C)c(OCC(=O)Nc2ccc(CS(N)(=O)=O)cc2)c1. The van der Waals surface area contributed by atoms with Crippen LogP contribution in [0.25, 0.3) is 0 Å². The van der Waals surface area contributed by atoms with E-state index >= 15 is 0 Å². The van der Waals surface area contributed by atoms with Gasteiger partial charge in [0.25, 0.3) is 5.91 Å². The van der Waals surface area contributed by atoms with E-state index in [2.05, 4.69) is 19.2 Å². The van der Waals surface area contributed by atoms with Crippen molar-refractivity contribution >= 4 is 21.6 Å². The number of anilines is 1. The number of hydrogen-bond acceptors (Lipinski definition) is 4. The van der Waals surface area contributed by atoms with Crippen LogP contribution in [0.3, 0.4) is 0 Å². The third kappa shape index (κ3) is 6.16. The van der Waals surface area contributed by atoms with Gasteiger partial charge < -0.3 is 10.1 Å². The number of benzene rings is 2. The lowest BCUT2D eigenvalue weighted by molar-refractivity contribution is -0.118. The van der Waals surface area contributed by atoms with E-state index in [1.54, 1.807) is 24.3 Å². The Balaban J connectivity index is 1.96. The number of hydrogen-bond donors (Lipinski definition) is 2. The molecule has 2 aromatic carbocycles. The number of aryl methyl sites for hydroxylation is 1. The second-order valence-electron chi connectivity index (χ2n) is 6.54. The summed E-state index contributed by atoms with van der Waals surface area (Å²) in [5.41, 5.74) is 3.24. The molecule has 7 heteroatoms. The van der Waals surface area contributed by atoms with Gasteiger partial charge in [-0.3, -0.25) is 4.79 Å². The zero-order valence-corrected chi connectivity index (χ0v) is 16.0. The fraction of sp³-hybridized carbons (Fsp3) is 0.316. The molecule has 0 bridgehead atoms. The van der Waals surface area contributed by atoms with Gasteiger partial charge >= 0.3 is 0 Å². The van der Waals surface area contributed by atoms with Crippen LogP contribution in [-0.2, 0) is 20.6 Å². The molecule has 2 aromatic rings. The van der Waals surface area contributed by atoms with E-state index in [1.165, 1.54) is 0 Å². The molecule has 0 aromatic heterocycles. The monoisotopic (exact) mass is 376 g/mol. The second kappa shape index (κ2) is 8.33. The number of amides is 1. The van der Waals surface area contributed by atoms with E-state index in [4.69, 9.17) is 9.88 Å². The molecule has 1 amide bonds. The Labute approximate surface area is 154 Å². The molecule has 0 saturated carbocycles. The Hall–Kier alpha value is -2.38. The molecule has 3 N–H and O–H groups in total. The molecular weight excluding hydrogens is 352 g/mol. The predicted octanol–water partition coefficient (Wildman–Crippen LogP) is 2.92. The summed E-state index contributed by atoms with van der Waals surface area (Å²) < 4.78 is 27.8. The lowest BCUT2D eigenvalue weighted by atomic mass is 10.0. The normalized spacial score (nSPS) is 11.4. The van der Waals surface area contributed by atoms with Crippen LogP contribution in [0.5, 0.6) is 5.75 Å². The fourth-order valence-electron chi connectivity index (χ4n) is 2.50. The first-order valence-electron chi connectivity index (χ1n) is 8.26. The molecule has 0 aliphatic carbocycles. The molecule has 0 unspecified atom stereocenters. The highest BCUT2D eigenvalue weighted by Crippen LogP contribution is 2.27. The number of nitrogens with one attached hydrogen (secondary N) is 1. The molecule has 2 rings (SSSR count). The summed E-state index contributed by atoms with van der Waals surface area (Å²) in [5.74, 6) is 0.467. The van der Waals surface area contributed by atoms with E-state index in [0.29, 0.717) is 22.9 Å². The zero-order chi connectivity index (χ0) is 19.3. The number of primary sulfonamides is 1. The summed E-state index contributed by atoms with van der Waals surface area (Å²) in [4.78, 5) is 12.1.